The Bertz CT molecular complexity index is 756. The molecule has 0 radical (unpaired) electrons. The minimum absolute atomic E-state index is 0.0496. The number of hydroxylamine groups is 1. The second kappa shape index (κ2) is 13.3. The fourth-order valence-electron chi connectivity index (χ4n) is 2.52. The lowest BCUT2D eigenvalue weighted by atomic mass is 9.99. The van der Waals surface area contributed by atoms with Crippen molar-refractivity contribution in [3.05, 3.63) is 0 Å². The fraction of sp³-hybridized carbons (Fsp3) is 0.857. The highest BCUT2D eigenvalue weighted by molar-refractivity contribution is 8.14. The lowest BCUT2D eigenvalue weighted by molar-refractivity contribution is -0.160. The van der Waals surface area contributed by atoms with Crippen LogP contribution in [0.4, 0.5) is 0 Å². The Kier molecular flexibility index (Phi) is 12.4. The molecule has 1 aliphatic heterocycles. The fourth-order valence-corrected chi connectivity index (χ4v) is 5.52. The van der Waals surface area contributed by atoms with E-state index in [0.717, 1.165) is 23.5 Å². The van der Waals surface area contributed by atoms with Gasteiger partial charge in [-0.15, -0.1) is 0 Å². The summed E-state index contributed by atoms with van der Waals surface area (Å²) < 4.78 is 40.6. The lowest BCUT2D eigenvalue weighted by Crippen LogP contribution is -2.41. The minimum Gasteiger partial charge on any atom is -0.342 e. The molecule has 1 aliphatic rings. The Morgan fingerprint density at radius 1 is 0.914 bits per heavy atom. The first-order valence-electron chi connectivity index (χ1n) is 11.1. The summed E-state index contributed by atoms with van der Waals surface area (Å²) in [6.45, 7) is 13.3. The minimum atomic E-state index is -4.16. The number of carbonyl (C=O) groups is 3. The molecule has 0 bridgehead atoms. The Morgan fingerprint density at radius 2 is 1.37 bits per heavy atom. The van der Waals surface area contributed by atoms with Crippen molar-refractivity contribution in [2.45, 2.75) is 73.4 Å². The molecule has 204 valence electrons. The number of rotatable bonds is 12. The topological polar surface area (TPSA) is 147 Å². The van der Waals surface area contributed by atoms with E-state index in [1.807, 2.05) is 0 Å². The van der Waals surface area contributed by atoms with Crippen molar-refractivity contribution in [3.63, 3.8) is 0 Å². The summed E-state index contributed by atoms with van der Waals surface area (Å²) in [6, 6.07) is 0. The summed E-state index contributed by atoms with van der Waals surface area (Å²) in [5.41, 5.74) is 0.431. The van der Waals surface area contributed by atoms with Gasteiger partial charge in [-0.1, -0.05) is 65.1 Å². The monoisotopic (exact) mass is 559 g/mol. The number of hydrogen-bond acceptors (Lipinski definition) is 12. The molecular formula is C21H38NO10PS2. The Labute approximate surface area is 215 Å². The van der Waals surface area contributed by atoms with Gasteiger partial charge in [-0.2, -0.15) is 0 Å². The molecule has 1 rings (SSSR count). The van der Waals surface area contributed by atoms with E-state index < -0.39 is 49.2 Å². The summed E-state index contributed by atoms with van der Waals surface area (Å²) in [6.07, 6.45) is -2.23. The van der Waals surface area contributed by atoms with Crippen LogP contribution in [-0.2, 0) is 42.0 Å². The standard InChI is InChI=1S/C21H38NO10PS2/c1-19(2,3)17(24)34-11-9-28-33(27,29-10-12-35-18(25)20(4,5)6)30-13-14-15(16(23)22-26)32-21(7,8)31-14/h14-15,26H,9-13H2,1-8H3,(H,22,23)/t14-,15-/m1/s1. The van der Waals surface area contributed by atoms with Gasteiger partial charge in [0.1, 0.15) is 6.10 Å². The van der Waals surface area contributed by atoms with Crippen LogP contribution in [0.5, 0.6) is 0 Å². The van der Waals surface area contributed by atoms with Crippen molar-refractivity contribution in [2.75, 3.05) is 31.3 Å². The van der Waals surface area contributed by atoms with E-state index in [0.29, 0.717) is 0 Å². The van der Waals surface area contributed by atoms with Crippen LogP contribution in [0.3, 0.4) is 0 Å². The highest BCUT2D eigenvalue weighted by Crippen LogP contribution is 2.50. The molecule has 14 heteroatoms. The van der Waals surface area contributed by atoms with Gasteiger partial charge in [0.2, 0.25) is 0 Å². The molecule has 0 aromatic rings. The quantitative estimate of drug-likeness (QED) is 0.155. The predicted molar refractivity (Wildman–Crippen MR) is 133 cm³/mol. The van der Waals surface area contributed by atoms with Gasteiger partial charge in [0, 0.05) is 22.3 Å². The van der Waals surface area contributed by atoms with Crippen molar-refractivity contribution >= 4 is 47.5 Å². The van der Waals surface area contributed by atoms with Gasteiger partial charge in [-0.3, -0.25) is 33.2 Å². The average molecular weight is 560 g/mol. The van der Waals surface area contributed by atoms with E-state index in [9.17, 15) is 18.9 Å². The predicted octanol–water partition coefficient (Wildman–Crippen LogP) is 3.78. The molecule has 1 amide bonds. The smallest absolute Gasteiger partial charge is 0.342 e. The first-order valence-corrected chi connectivity index (χ1v) is 14.5. The summed E-state index contributed by atoms with van der Waals surface area (Å²) in [4.78, 5) is 36.1. The van der Waals surface area contributed by atoms with Crippen LogP contribution in [0, 0.1) is 10.8 Å². The Balaban J connectivity index is 2.77. The van der Waals surface area contributed by atoms with E-state index in [-0.39, 0.29) is 35.0 Å². The second-order valence-corrected chi connectivity index (χ2v) is 14.1. The van der Waals surface area contributed by atoms with Gasteiger partial charge in [0.05, 0.1) is 19.8 Å². The SMILES string of the molecule is CC1(C)O[C@H](COP(=O)(OCCSC(=O)C(C)(C)C)OCCSC(=O)C(C)(C)C)[C@H](C(=O)NO)O1. The van der Waals surface area contributed by atoms with E-state index in [1.54, 1.807) is 55.4 Å². The maximum absolute atomic E-state index is 13.3. The van der Waals surface area contributed by atoms with E-state index >= 15 is 0 Å². The number of phosphoric acid groups is 1. The third kappa shape index (κ3) is 11.6. The van der Waals surface area contributed by atoms with Crippen molar-refractivity contribution < 1.29 is 47.2 Å². The molecular weight excluding hydrogens is 521 g/mol. The van der Waals surface area contributed by atoms with Gasteiger partial charge < -0.3 is 9.47 Å². The normalized spacial score (nSPS) is 20.6. The van der Waals surface area contributed by atoms with Crippen LogP contribution in [0.2, 0.25) is 0 Å². The Morgan fingerprint density at radius 3 is 1.77 bits per heavy atom. The molecule has 2 N–H and O–H groups in total. The van der Waals surface area contributed by atoms with Crippen LogP contribution in [0.25, 0.3) is 0 Å². The number of amides is 1. The first-order chi connectivity index (χ1) is 15.9. The molecule has 35 heavy (non-hydrogen) atoms. The van der Waals surface area contributed by atoms with Crippen LogP contribution in [-0.4, -0.2) is 70.7 Å². The number of thioether (sulfide) groups is 2. The maximum atomic E-state index is 13.3. The molecule has 1 fully saturated rings. The van der Waals surface area contributed by atoms with Gasteiger partial charge >= 0.3 is 7.82 Å². The zero-order valence-electron chi connectivity index (χ0n) is 21.6. The van der Waals surface area contributed by atoms with Crippen LogP contribution in [0.15, 0.2) is 0 Å². The highest BCUT2D eigenvalue weighted by atomic mass is 32.2. The molecule has 11 nitrogen and oxygen atoms in total. The zero-order valence-corrected chi connectivity index (χ0v) is 24.1. The average Bonchev–Trinajstić information content (AvgIpc) is 3.05. The van der Waals surface area contributed by atoms with Crippen molar-refractivity contribution in [1.29, 1.82) is 0 Å². The molecule has 0 spiro atoms. The molecule has 0 aliphatic carbocycles. The molecule has 0 saturated carbocycles. The summed E-state index contributed by atoms with van der Waals surface area (Å²) >= 11 is 2.08. The van der Waals surface area contributed by atoms with Crippen molar-refractivity contribution in [3.8, 4) is 0 Å². The van der Waals surface area contributed by atoms with E-state index in [1.165, 1.54) is 5.48 Å². The zero-order chi connectivity index (χ0) is 27.1. The summed E-state index contributed by atoms with van der Waals surface area (Å²) in [7, 11) is -4.16. The summed E-state index contributed by atoms with van der Waals surface area (Å²) in [5, 5.41) is 8.86. The van der Waals surface area contributed by atoms with Gasteiger partial charge in [0.25, 0.3) is 5.91 Å². The number of ether oxygens (including phenoxy) is 2. The highest BCUT2D eigenvalue weighted by Gasteiger charge is 2.46. The van der Waals surface area contributed by atoms with Gasteiger partial charge in [-0.25, -0.2) is 10.0 Å². The molecule has 0 aromatic heterocycles. The van der Waals surface area contributed by atoms with Crippen LogP contribution in [0.1, 0.15) is 55.4 Å². The first kappa shape index (κ1) is 32.5. The molecule has 2 atom stereocenters. The molecule has 0 unspecified atom stereocenters. The van der Waals surface area contributed by atoms with Crippen LogP contribution < -0.4 is 5.48 Å². The lowest BCUT2D eigenvalue weighted by Gasteiger charge is -2.22. The number of hydrogen-bond donors (Lipinski definition) is 2. The number of carbonyl (C=O) groups excluding carboxylic acids is 3. The van der Waals surface area contributed by atoms with E-state index in [2.05, 4.69) is 0 Å². The van der Waals surface area contributed by atoms with E-state index in [4.69, 9.17) is 28.3 Å². The molecule has 1 saturated heterocycles. The van der Waals surface area contributed by atoms with Crippen LogP contribution >= 0.6 is 31.3 Å². The number of phosphoric ester groups is 1. The molecule has 1 heterocycles. The van der Waals surface area contributed by atoms with Gasteiger partial charge in [-0.05, 0) is 13.8 Å². The summed E-state index contributed by atoms with van der Waals surface area (Å²) in [5.74, 6) is -1.56. The Hall–Kier alpha value is -0.500. The largest absolute Gasteiger partial charge is 0.474 e. The van der Waals surface area contributed by atoms with Crippen molar-refractivity contribution in [1.82, 2.24) is 5.48 Å². The molecule has 0 aromatic carbocycles. The third-order valence-electron chi connectivity index (χ3n) is 4.31. The number of nitrogens with one attached hydrogen (secondary N) is 1. The maximum Gasteiger partial charge on any atom is 0.474 e. The second-order valence-electron chi connectivity index (χ2n) is 10.3. The third-order valence-corrected chi connectivity index (χ3v) is 8.26. The van der Waals surface area contributed by atoms with Crippen molar-refractivity contribution in [2.24, 2.45) is 10.8 Å². The van der Waals surface area contributed by atoms with Gasteiger partial charge in [0.15, 0.2) is 22.1 Å².